The van der Waals surface area contributed by atoms with Gasteiger partial charge in [-0.25, -0.2) is 14.8 Å². The minimum atomic E-state index is -0.879. The number of nitrogens with zero attached hydrogens (tertiary/aromatic N) is 2. The number of rotatable bonds is 1. The highest BCUT2D eigenvalue weighted by atomic mass is 32.1. The van der Waals surface area contributed by atoms with E-state index in [9.17, 15) is 4.79 Å². The molecule has 2 rings (SSSR count). The molecule has 0 unspecified atom stereocenters. The maximum absolute atomic E-state index is 10.2. The summed E-state index contributed by atoms with van der Waals surface area (Å²) in [5, 5.41) is 8.38. The zero-order valence-electron chi connectivity index (χ0n) is 8.95. The summed E-state index contributed by atoms with van der Waals surface area (Å²) in [6.45, 7) is 0. The van der Waals surface area contributed by atoms with Gasteiger partial charge in [0.2, 0.25) is 0 Å². The highest BCUT2D eigenvalue weighted by molar-refractivity contribution is 7.59. The Kier molecular flexibility index (Phi) is 10.9. The van der Waals surface area contributed by atoms with Crippen molar-refractivity contribution in [3.63, 3.8) is 0 Å². The summed E-state index contributed by atoms with van der Waals surface area (Å²) in [5.41, 5.74) is 0.331. The molecule has 0 aliphatic carbocycles. The number of aromatic carboxylic acids is 1. The average Bonchev–Trinajstić information content (AvgIpc) is 2.33. The molecule has 17 heavy (non-hydrogen) atoms. The fraction of sp³-hybridized carbons (Fsp3) is 0. The maximum Gasteiger partial charge on any atom is 0.335 e. The molecule has 1 heterocycles. The van der Waals surface area contributed by atoms with Gasteiger partial charge in [0.1, 0.15) is 6.33 Å². The molecule has 0 aliphatic heterocycles. The van der Waals surface area contributed by atoms with Crippen LogP contribution < -0.4 is 0 Å². The Hall–Kier alpha value is -1.92. The Morgan fingerprint density at radius 3 is 1.76 bits per heavy atom. The van der Waals surface area contributed by atoms with E-state index in [2.05, 4.69) is 9.97 Å². The number of hydrogen-bond donors (Lipinski definition) is 1. The van der Waals surface area contributed by atoms with Crippen LogP contribution in [0.5, 0.6) is 0 Å². The number of hydrogen-bond acceptors (Lipinski definition) is 3. The van der Waals surface area contributed by atoms with E-state index in [0.717, 1.165) is 0 Å². The Balaban J connectivity index is 0. The second-order valence-electron chi connectivity index (χ2n) is 2.58. The van der Waals surface area contributed by atoms with Gasteiger partial charge < -0.3 is 10.6 Å². The first kappa shape index (κ1) is 17.5. The SMILES string of the molecule is O.O=C(O)c1ccccc1.S.c1cncnc1. The Morgan fingerprint density at radius 2 is 1.53 bits per heavy atom. The number of aromatic nitrogens is 2. The summed E-state index contributed by atoms with van der Waals surface area (Å²) >= 11 is 0. The van der Waals surface area contributed by atoms with Crippen LogP contribution in [-0.4, -0.2) is 26.5 Å². The van der Waals surface area contributed by atoms with Crippen molar-refractivity contribution >= 4 is 19.5 Å². The topological polar surface area (TPSA) is 94.6 Å². The van der Waals surface area contributed by atoms with Crippen LogP contribution in [0.1, 0.15) is 10.4 Å². The molecule has 1 aromatic heterocycles. The summed E-state index contributed by atoms with van der Waals surface area (Å²) < 4.78 is 0. The molecule has 6 heteroatoms. The predicted molar refractivity (Wildman–Crippen MR) is 69.4 cm³/mol. The molecular formula is C11H14N2O3S. The van der Waals surface area contributed by atoms with Gasteiger partial charge in [0.25, 0.3) is 0 Å². The molecule has 0 atom stereocenters. The van der Waals surface area contributed by atoms with E-state index >= 15 is 0 Å². The molecule has 0 bridgehead atoms. The highest BCUT2D eigenvalue weighted by Crippen LogP contribution is 1.96. The molecule has 0 amide bonds. The summed E-state index contributed by atoms with van der Waals surface area (Å²) in [5.74, 6) is -0.879. The summed E-state index contributed by atoms with van der Waals surface area (Å²) in [7, 11) is 0. The Labute approximate surface area is 106 Å². The Morgan fingerprint density at radius 1 is 1.00 bits per heavy atom. The van der Waals surface area contributed by atoms with Crippen molar-refractivity contribution in [1.29, 1.82) is 0 Å². The van der Waals surface area contributed by atoms with Crippen LogP contribution in [0, 0.1) is 0 Å². The molecule has 5 nitrogen and oxygen atoms in total. The van der Waals surface area contributed by atoms with Gasteiger partial charge in [0.15, 0.2) is 0 Å². The van der Waals surface area contributed by atoms with Crippen LogP contribution in [0.4, 0.5) is 0 Å². The minimum Gasteiger partial charge on any atom is -0.478 e. The van der Waals surface area contributed by atoms with E-state index in [4.69, 9.17) is 5.11 Å². The second-order valence-corrected chi connectivity index (χ2v) is 2.58. The lowest BCUT2D eigenvalue weighted by atomic mass is 10.2. The van der Waals surface area contributed by atoms with Crippen molar-refractivity contribution in [1.82, 2.24) is 9.97 Å². The van der Waals surface area contributed by atoms with Gasteiger partial charge in [-0.3, -0.25) is 0 Å². The lowest BCUT2D eigenvalue weighted by molar-refractivity contribution is 0.0697. The standard InChI is InChI=1S/C7H6O2.C4H4N2.H2O.H2S/c8-7(9)6-4-2-1-3-5-6;1-2-5-4-6-3-1;;/h1-5H,(H,8,9);1-4H;2*1H2. The second kappa shape index (κ2) is 10.6. The van der Waals surface area contributed by atoms with Crippen molar-refractivity contribution in [2.75, 3.05) is 0 Å². The first-order chi connectivity index (χ1) is 7.30. The molecule has 2 aromatic rings. The third kappa shape index (κ3) is 7.95. The van der Waals surface area contributed by atoms with Crippen molar-refractivity contribution in [3.05, 3.63) is 60.7 Å². The van der Waals surface area contributed by atoms with E-state index in [1.807, 2.05) is 0 Å². The zero-order chi connectivity index (χ0) is 10.9. The molecule has 0 radical (unpaired) electrons. The van der Waals surface area contributed by atoms with Gasteiger partial charge in [-0.15, -0.1) is 0 Å². The molecule has 1 aromatic carbocycles. The maximum atomic E-state index is 10.2. The normalized spacial score (nSPS) is 7.53. The Bertz CT molecular complexity index is 371. The third-order valence-electron chi connectivity index (χ3n) is 1.50. The van der Waals surface area contributed by atoms with Crippen LogP contribution in [0.25, 0.3) is 0 Å². The van der Waals surface area contributed by atoms with Gasteiger partial charge in [-0.1, -0.05) is 18.2 Å². The first-order valence-corrected chi connectivity index (χ1v) is 4.29. The van der Waals surface area contributed by atoms with Crippen molar-refractivity contribution in [2.24, 2.45) is 0 Å². The average molecular weight is 254 g/mol. The summed E-state index contributed by atoms with van der Waals surface area (Å²) in [4.78, 5) is 17.5. The number of carboxylic acid groups (broad SMARTS) is 1. The van der Waals surface area contributed by atoms with Crippen LogP contribution in [0.15, 0.2) is 55.1 Å². The smallest absolute Gasteiger partial charge is 0.335 e. The largest absolute Gasteiger partial charge is 0.478 e. The fourth-order valence-corrected chi connectivity index (χ4v) is 0.834. The molecule has 0 saturated carbocycles. The quantitative estimate of drug-likeness (QED) is 0.825. The van der Waals surface area contributed by atoms with Crippen LogP contribution in [0.3, 0.4) is 0 Å². The zero-order valence-corrected chi connectivity index (χ0v) is 9.95. The molecule has 0 saturated heterocycles. The van der Waals surface area contributed by atoms with Crippen molar-refractivity contribution in [2.45, 2.75) is 0 Å². The predicted octanol–water partition coefficient (Wildman–Crippen LogP) is 1.15. The van der Waals surface area contributed by atoms with Gasteiger partial charge in [-0.2, -0.15) is 13.5 Å². The molecular weight excluding hydrogens is 240 g/mol. The van der Waals surface area contributed by atoms with Crippen molar-refractivity contribution in [3.8, 4) is 0 Å². The third-order valence-corrected chi connectivity index (χ3v) is 1.50. The van der Waals surface area contributed by atoms with Gasteiger partial charge in [-0.05, 0) is 18.2 Å². The van der Waals surface area contributed by atoms with Gasteiger partial charge in [0, 0.05) is 12.4 Å². The molecule has 0 aliphatic rings. The van der Waals surface area contributed by atoms with E-state index < -0.39 is 5.97 Å². The number of benzene rings is 1. The van der Waals surface area contributed by atoms with Gasteiger partial charge in [0.05, 0.1) is 5.56 Å². The van der Waals surface area contributed by atoms with Crippen LogP contribution in [-0.2, 0) is 0 Å². The lowest BCUT2D eigenvalue weighted by Crippen LogP contribution is -1.93. The molecule has 0 fully saturated rings. The van der Waals surface area contributed by atoms with E-state index in [1.165, 1.54) is 6.33 Å². The highest BCUT2D eigenvalue weighted by Gasteiger charge is 1.96. The summed E-state index contributed by atoms with van der Waals surface area (Å²) in [6.07, 6.45) is 4.88. The molecule has 0 spiro atoms. The lowest BCUT2D eigenvalue weighted by Gasteiger charge is -1.88. The van der Waals surface area contributed by atoms with E-state index in [-0.39, 0.29) is 19.0 Å². The molecule has 3 N–H and O–H groups in total. The first-order valence-electron chi connectivity index (χ1n) is 4.29. The fourth-order valence-electron chi connectivity index (χ4n) is 0.834. The van der Waals surface area contributed by atoms with Crippen LogP contribution >= 0.6 is 13.5 Å². The van der Waals surface area contributed by atoms with E-state index in [0.29, 0.717) is 5.56 Å². The van der Waals surface area contributed by atoms with Crippen LogP contribution in [0.2, 0.25) is 0 Å². The number of carboxylic acids is 1. The monoisotopic (exact) mass is 254 g/mol. The van der Waals surface area contributed by atoms with E-state index in [1.54, 1.807) is 48.8 Å². The van der Waals surface area contributed by atoms with Gasteiger partial charge >= 0.3 is 5.97 Å². The number of carbonyl (C=O) groups is 1. The minimum absolute atomic E-state index is 0. The van der Waals surface area contributed by atoms with Crippen molar-refractivity contribution < 1.29 is 15.4 Å². The summed E-state index contributed by atoms with van der Waals surface area (Å²) in [6, 6.07) is 10.1. The molecule has 92 valence electrons.